The topological polar surface area (TPSA) is 105 Å². The first kappa shape index (κ1) is 27.2. The van der Waals surface area contributed by atoms with Crippen molar-refractivity contribution in [1.29, 1.82) is 0 Å². The first-order chi connectivity index (χ1) is 19.4. The summed E-state index contributed by atoms with van der Waals surface area (Å²) in [6, 6.07) is 23.3. The smallest absolute Gasteiger partial charge is 0.411 e. The Bertz CT molecular complexity index is 1310. The van der Waals surface area contributed by atoms with Gasteiger partial charge in [-0.1, -0.05) is 91.7 Å². The van der Waals surface area contributed by atoms with E-state index in [-0.39, 0.29) is 19.1 Å². The van der Waals surface area contributed by atoms with Crippen molar-refractivity contribution in [3.05, 3.63) is 95.6 Å². The van der Waals surface area contributed by atoms with E-state index in [1.807, 2.05) is 54.6 Å². The summed E-state index contributed by atoms with van der Waals surface area (Å²) in [6.45, 7) is 1.97. The van der Waals surface area contributed by atoms with Gasteiger partial charge in [0.15, 0.2) is 0 Å². The predicted octanol–water partition coefficient (Wildman–Crippen LogP) is 5.95. The highest BCUT2D eigenvalue weighted by Gasteiger charge is 2.41. The summed E-state index contributed by atoms with van der Waals surface area (Å²) in [5.74, 6) is -1.16. The number of nitrogens with one attached hydrogen (secondary N) is 1. The van der Waals surface area contributed by atoms with Gasteiger partial charge < -0.3 is 19.9 Å². The van der Waals surface area contributed by atoms with E-state index in [4.69, 9.17) is 9.47 Å². The lowest BCUT2D eigenvalue weighted by atomic mass is 9.98. The van der Waals surface area contributed by atoms with Gasteiger partial charge in [-0.15, -0.1) is 0 Å². The van der Waals surface area contributed by atoms with E-state index in [2.05, 4.69) is 29.6 Å². The Morgan fingerprint density at radius 3 is 2.12 bits per heavy atom. The van der Waals surface area contributed by atoms with Gasteiger partial charge in [-0.3, -0.25) is 4.90 Å². The summed E-state index contributed by atoms with van der Waals surface area (Å²) in [6.07, 6.45) is 0.938. The van der Waals surface area contributed by atoms with Crippen LogP contribution in [0.1, 0.15) is 55.2 Å². The highest BCUT2D eigenvalue weighted by Crippen LogP contribution is 2.44. The minimum absolute atomic E-state index is 0.0312. The van der Waals surface area contributed by atoms with E-state index in [1.54, 1.807) is 6.92 Å². The van der Waals surface area contributed by atoms with E-state index < -0.39 is 36.3 Å². The molecular formula is C32H34N2O6. The largest absolute Gasteiger partial charge is 0.480 e. The van der Waals surface area contributed by atoms with Crippen LogP contribution in [-0.2, 0) is 20.9 Å². The Kier molecular flexibility index (Phi) is 8.34. The zero-order chi connectivity index (χ0) is 28.1. The molecule has 2 amide bonds. The highest BCUT2D eigenvalue weighted by atomic mass is 16.6. The molecule has 3 atom stereocenters. The van der Waals surface area contributed by atoms with Gasteiger partial charge in [0.2, 0.25) is 0 Å². The second-order valence-corrected chi connectivity index (χ2v) is 10.4. The van der Waals surface area contributed by atoms with Gasteiger partial charge in [0, 0.05) is 12.0 Å². The number of carboxylic acid groups (broad SMARTS) is 1. The van der Waals surface area contributed by atoms with Crippen LogP contribution in [0.2, 0.25) is 0 Å². The van der Waals surface area contributed by atoms with Crippen molar-refractivity contribution in [2.45, 2.75) is 63.3 Å². The number of aliphatic carboxylic acids is 1. The van der Waals surface area contributed by atoms with Gasteiger partial charge in [0.1, 0.15) is 19.3 Å². The molecule has 1 aliphatic carbocycles. The number of likely N-dealkylation sites (tertiary alicyclic amines) is 1. The van der Waals surface area contributed by atoms with Crippen LogP contribution in [0.4, 0.5) is 9.59 Å². The number of amides is 2. The standard InChI is InChI=1S/C32H34N2O6/c1-21(33-31(37)39-20-27-25-15-7-5-13-23(25)24-14-6-8-16-26(24)27)28-17-9-10-18-29(30(35)36)34(28)32(38)40-19-22-11-3-2-4-12-22/h2-8,11-16,21,27-29H,9-10,17-20H2,1H3,(H,33,37)(H,35,36)/t21-,28+,29-/m0/s1. The molecule has 3 aromatic rings. The number of carboxylic acids is 1. The molecule has 0 unspecified atom stereocenters. The minimum Gasteiger partial charge on any atom is -0.480 e. The number of fused-ring (bicyclic) bond motifs is 3. The molecule has 5 rings (SSSR count). The normalized spacial score (nSPS) is 19.1. The zero-order valence-electron chi connectivity index (χ0n) is 22.5. The number of alkyl carbamates (subject to hydrolysis) is 1. The lowest BCUT2D eigenvalue weighted by molar-refractivity contribution is -0.143. The Hall–Kier alpha value is -4.33. The molecule has 0 spiro atoms. The Morgan fingerprint density at radius 2 is 1.48 bits per heavy atom. The molecule has 0 bridgehead atoms. The van der Waals surface area contributed by atoms with Crippen molar-refractivity contribution in [1.82, 2.24) is 10.2 Å². The van der Waals surface area contributed by atoms with Gasteiger partial charge in [0.05, 0.1) is 6.04 Å². The van der Waals surface area contributed by atoms with Gasteiger partial charge >= 0.3 is 18.2 Å². The summed E-state index contributed by atoms with van der Waals surface area (Å²) in [4.78, 5) is 39.7. The second-order valence-electron chi connectivity index (χ2n) is 10.4. The molecule has 2 N–H and O–H groups in total. The fraction of sp³-hybridized carbons (Fsp3) is 0.344. The van der Waals surface area contributed by atoms with Crippen LogP contribution in [0.15, 0.2) is 78.9 Å². The summed E-state index contributed by atoms with van der Waals surface area (Å²) in [5, 5.41) is 12.8. The van der Waals surface area contributed by atoms with Gasteiger partial charge in [-0.2, -0.15) is 0 Å². The van der Waals surface area contributed by atoms with Gasteiger partial charge in [-0.05, 0) is 47.6 Å². The van der Waals surface area contributed by atoms with Crippen molar-refractivity contribution in [3.63, 3.8) is 0 Å². The summed E-state index contributed by atoms with van der Waals surface area (Å²) in [7, 11) is 0. The molecule has 2 aliphatic rings. The van der Waals surface area contributed by atoms with Crippen molar-refractivity contribution in [2.75, 3.05) is 6.61 Å². The van der Waals surface area contributed by atoms with Gasteiger partial charge in [-0.25, -0.2) is 14.4 Å². The Balaban J connectivity index is 1.26. The monoisotopic (exact) mass is 542 g/mol. The fourth-order valence-corrected chi connectivity index (χ4v) is 5.91. The average Bonchev–Trinajstić information content (AvgIpc) is 3.11. The van der Waals surface area contributed by atoms with Gasteiger partial charge in [0.25, 0.3) is 0 Å². The molecule has 40 heavy (non-hydrogen) atoms. The number of hydrogen-bond acceptors (Lipinski definition) is 5. The third-order valence-electron chi connectivity index (χ3n) is 7.89. The molecule has 1 heterocycles. The number of benzene rings is 3. The molecule has 3 aromatic carbocycles. The van der Waals surface area contributed by atoms with Crippen molar-refractivity contribution in [3.8, 4) is 11.1 Å². The van der Waals surface area contributed by atoms with E-state index in [0.29, 0.717) is 19.3 Å². The maximum Gasteiger partial charge on any atom is 0.411 e. The zero-order valence-corrected chi connectivity index (χ0v) is 22.5. The van der Waals surface area contributed by atoms with Crippen LogP contribution in [-0.4, -0.2) is 52.9 Å². The highest BCUT2D eigenvalue weighted by molar-refractivity contribution is 5.81. The third-order valence-corrected chi connectivity index (χ3v) is 7.89. The summed E-state index contributed by atoms with van der Waals surface area (Å²) in [5.41, 5.74) is 5.32. The molecule has 0 saturated carbocycles. The third kappa shape index (κ3) is 5.81. The number of rotatable bonds is 7. The number of carbonyl (C=O) groups excluding carboxylic acids is 2. The van der Waals surface area contributed by atoms with Crippen LogP contribution in [0.3, 0.4) is 0 Å². The number of nitrogens with zero attached hydrogens (tertiary/aromatic N) is 1. The molecule has 0 radical (unpaired) electrons. The van der Waals surface area contributed by atoms with E-state index in [1.165, 1.54) is 4.90 Å². The Morgan fingerprint density at radius 1 is 0.875 bits per heavy atom. The molecule has 208 valence electrons. The van der Waals surface area contributed by atoms with E-state index in [0.717, 1.165) is 34.2 Å². The van der Waals surface area contributed by atoms with Crippen LogP contribution in [0, 0.1) is 0 Å². The molecule has 0 aromatic heterocycles. The SMILES string of the molecule is C[C@H](NC(=O)OCC1c2ccccc2-c2ccccc21)[C@H]1CCCC[C@@H](C(=O)O)N1C(=O)OCc1ccccc1. The van der Waals surface area contributed by atoms with Crippen molar-refractivity contribution in [2.24, 2.45) is 0 Å². The van der Waals surface area contributed by atoms with Crippen LogP contribution in [0.25, 0.3) is 11.1 Å². The lowest BCUT2D eigenvalue weighted by Gasteiger charge is -2.36. The summed E-state index contributed by atoms with van der Waals surface area (Å²) >= 11 is 0. The maximum atomic E-state index is 13.3. The number of ether oxygens (including phenoxy) is 2. The number of hydrogen-bond donors (Lipinski definition) is 2. The first-order valence-corrected chi connectivity index (χ1v) is 13.8. The second kappa shape index (κ2) is 12.2. The molecule has 1 saturated heterocycles. The molecule has 8 nitrogen and oxygen atoms in total. The first-order valence-electron chi connectivity index (χ1n) is 13.8. The maximum absolute atomic E-state index is 13.3. The van der Waals surface area contributed by atoms with E-state index >= 15 is 0 Å². The van der Waals surface area contributed by atoms with Crippen LogP contribution < -0.4 is 5.32 Å². The quantitative estimate of drug-likeness (QED) is 0.382. The van der Waals surface area contributed by atoms with Crippen molar-refractivity contribution < 1.29 is 29.0 Å². The lowest BCUT2D eigenvalue weighted by Crippen LogP contribution is -2.57. The summed E-state index contributed by atoms with van der Waals surface area (Å²) < 4.78 is 11.3. The van der Waals surface area contributed by atoms with Crippen LogP contribution >= 0.6 is 0 Å². The van der Waals surface area contributed by atoms with Crippen molar-refractivity contribution >= 4 is 18.2 Å². The predicted molar refractivity (Wildman–Crippen MR) is 150 cm³/mol. The molecule has 1 aliphatic heterocycles. The van der Waals surface area contributed by atoms with Crippen LogP contribution in [0.5, 0.6) is 0 Å². The fourth-order valence-electron chi connectivity index (χ4n) is 5.91. The minimum atomic E-state index is -1.09. The molecule has 1 fully saturated rings. The number of carbonyl (C=O) groups is 3. The average molecular weight is 543 g/mol. The molecular weight excluding hydrogens is 508 g/mol. The Labute approximate surface area is 233 Å². The molecule has 8 heteroatoms. The van der Waals surface area contributed by atoms with E-state index in [9.17, 15) is 19.5 Å².